The SMILES string of the molecule is O=[N+]([O-])c1c(Nc2ccc(Cl)c(Cl)c2)ncnc1N1CCN(c2cccc(Cl)c2)CC1. The number of benzene rings is 2. The molecule has 0 spiro atoms. The largest absolute Gasteiger partial charge is 0.368 e. The van der Waals surface area contributed by atoms with Crippen LogP contribution >= 0.6 is 34.8 Å². The van der Waals surface area contributed by atoms with E-state index >= 15 is 0 Å². The lowest BCUT2D eigenvalue weighted by atomic mass is 10.2. The number of rotatable bonds is 5. The molecule has 3 aromatic rings. The monoisotopic (exact) mass is 478 g/mol. The van der Waals surface area contributed by atoms with Crippen molar-refractivity contribution in [1.29, 1.82) is 0 Å². The van der Waals surface area contributed by atoms with E-state index in [0.29, 0.717) is 46.9 Å². The van der Waals surface area contributed by atoms with Crippen molar-refractivity contribution in [3.05, 3.63) is 74.0 Å². The molecule has 8 nitrogen and oxygen atoms in total. The summed E-state index contributed by atoms with van der Waals surface area (Å²) in [6, 6.07) is 12.5. The summed E-state index contributed by atoms with van der Waals surface area (Å²) in [5.41, 5.74) is 1.36. The minimum atomic E-state index is -0.474. The smallest absolute Gasteiger partial charge is 0.353 e. The summed E-state index contributed by atoms with van der Waals surface area (Å²) in [6.45, 7) is 2.49. The second kappa shape index (κ2) is 9.13. The Hall–Kier alpha value is -2.81. The summed E-state index contributed by atoms with van der Waals surface area (Å²) in [6.07, 6.45) is 1.31. The molecule has 1 N–H and O–H groups in total. The number of hydrogen-bond acceptors (Lipinski definition) is 7. The van der Waals surface area contributed by atoms with Crippen LogP contribution in [0.25, 0.3) is 0 Å². The summed E-state index contributed by atoms with van der Waals surface area (Å²) < 4.78 is 0. The first-order valence-electron chi connectivity index (χ1n) is 9.39. The number of anilines is 4. The lowest BCUT2D eigenvalue weighted by Gasteiger charge is -2.36. The molecular weight excluding hydrogens is 463 g/mol. The number of hydrogen-bond donors (Lipinski definition) is 1. The highest BCUT2D eigenvalue weighted by molar-refractivity contribution is 6.42. The molecule has 0 bridgehead atoms. The van der Waals surface area contributed by atoms with Crippen LogP contribution in [0, 0.1) is 10.1 Å². The van der Waals surface area contributed by atoms with Crippen LogP contribution in [0.2, 0.25) is 15.1 Å². The molecule has 4 rings (SSSR count). The van der Waals surface area contributed by atoms with Crippen LogP contribution in [-0.2, 0) is 0 Å². The lowest BCUT2D eigenvalue weighted by Crippen LogP contribution is -2.47. The highest BCUT2D eigenvalue weighted by atomic mass is 35.5. The van der Waals surface area contributed by atoms with Gasteiger partial charge in [0.25, 0.3) is 0 Å². The predicted octanol–water partition coefficient (Wildman–Crippen LogP) is 5.42. The third-order valence-corrected chi connectivity index (χ3v) is 5.89. The van der Waals surface area contributed by atoms with Crippen molar-refractivity contribution in [3.8, 4) is 0 Å². The van der Waals surface area contributed by atoms with Gasteiger partial charge in [0.15, 0.2) is 0 Å². The molecule has 1 aromatic heterocycles. The van der Waals surface area contributed by atoms with Crippen LogP contribution in [0.1, 0.15) is 0 Å². The Kier molecular flexibility index (Phi) is 6.31. The topological polar surface area (TPSA) is 87.4 Å². The van der Waals surface area contributed by atoms with Crippen molar-refractivity contribution >= 4 is 63.5 Å². The Bertz CT molecular complexity index is 1120. The number of halogens is 3. The fraction of sp³-hybridized carbons (Fsp3) is 0.200. The normalized spacial score (nSPS) is 13.9. The Balaban J connectivity index is 1.57. The molecule has 1 aliphatic rings. The molecule has 0 amide bonds. The van der Waals surface area contributed by atoms with Crippen molar-refractivity contribution in [1.82, 2.24) is 9.97 Å². The molecular formula is C20H17Cl3N6O2. The van der Waals surface area contributed by atoms with E-state index < -0.39 is 4.92 Å². The second-order valence-corrected chi connectivity index (χ2v) is 8.11. The third-order valence-electron chi connectivity index (χ3n) is 4.92. The first kappa shape index (κ1) is 21.4. The van der Waals surface area contributed by atoms with Gasteiger partial charge in [-0.1, -0.05) is 40.9 Å². The Morgan fingerprint density at radius 2 is 1.68 bits per heavy atom. The van der Waals surface area contributed by atoms with Gasteiger partial charge in [-0.3, -0.25) is 10.1 Å². The van der Waals surface area contributed by atoms with Crippen LogP contribution < -0.4 is 15.1 Å². The number of nitrogens with one attached hydrogen (secondary N) is 1. The summed E-state index contributed by atoms with van der Waals surface area (Å²) in [5, 5.41) is 16.3. The molecule has 1 fully saturated rings. The number of nitro groups is 1. The molecule has 1 saturated heterocycles. The quantitative estimate of drug-likeness (QED) is 0.386. The molecule has 0 radical (unpaired) electrons. The Morgan fingerprint density at radius 3 is 2.35 bits per heavy atom. The van der Waals surface area contributed by atoms with Crippen LogP contribution in [-0.4, -0.2) is 41.1 Å². The van der Waals surface area contributed by atoms with Gasteiger partial charge in [0, 0.05) is 42.6 Å². The highest BCUT2D eigenvalue weighted by Crippen LogP contribution is 2.35. The maximum Gasteiger partial charge on any atom is 0.353 e. The maximum absolute atomic E-state index is 11.9. The molecule has 0 unspecified atom stereocenters. The van der Waals surface area contributed by atoms with Crippen molar-refractivity contribution in [3.63, 3.8) is 0 Å². The van der Waals surface area contributed by atoms with E-state index in [1.54, 1.807) is 18.2 Å². The highest BCUT2D eigenvalue weighted by Gasteiger charge is 2.29. The standard InChI is InChI=1S/C20H17Cl3N6O2/c21-13-2-1-3-15(10-13)27-6-8-28(9-7-27)20-18(29(30)31)19(24-12-25-20)26-14-4-5-16(22)17(23)11-14/h1-5,10-12H,6-9H2,(H,24,25,26). The first-order valence-corrected chi connectivity index (χ1v) is 10.5. The van der Waals surface area contributed by atoms with Gasteiger partial charge in [-0.25, -0.2) is 9.97 Å². The van der Waals surface area contributed by atoms with E-state index in [-0.39, 0.29) is 17.3 Å². The van der Waals surface area contributed by atoms with E-state index in [1.807, 2.05) is 29.2 Å². The van der Waals surface area contributed by atoms with Gasteiger partial charge in [-0.2, -0.15) is 0 Å². The summed E-state index contributed by atoms with van der Waals surface area (Å²) in [7, 11) is 0. The first-order chi connectivity index (χ1) is 14.9. The van der Waals surface area contributed by atoms with E-state index in [1.165, 1.54) is 6.33 Å². The van der Waals surface area contributed by atoms with E-state index in [4.69, 9.17) is 34.8 Å². The average molecular weight is 480 g/mol. The molecule has 2 heterocycles. The van der Waals surface area contributed by atoms with Crippen molar-refractivity contribution in [2.45, 2.75) is 0 Å². The average Bonchev–Trinajstić information content (AvgIpc) is 2.76. The third kappa shape index (κ3) is 4.76. The van der Waals surface area contributed by atoms with Crippen molar-refractivity contribution < 1.29 is 4.92 Å². The van der Waals surface area contributed by atoms with Gasteiger partial charge in [0.1, 0.15) is 6.33 Å². The van der Waals surface area contributed by atoms with Gasteiger partial charge in [-0.15, -0.1) is 0 Å². The van der Waals surface area contributed by atoms with Crippen LogP contribution in [0.5, 0.6) is 0 Å². The minimum Gasteiger partial charge on any atom is -0.368 e. The zero-order valence-corrected chi connectivity index (χ0v) is 18.4. The lowest BCUT2D eigenvalue weighted by molar-refractivity contribution is -0.383. The van der Waals surface area contributed by atoms with Crippen molar-refractivity contribution in [2.75, 3.05) is 41.3 Å². The van der Waals surface area contributed by atoms with Gasteiger partial charge >= 0.3 is 5.69 Å². The van der Waals surface area contributed by atoms with Gasteiger partial charge < -0.3 is 15.1 Å². The van der Waals surface area contributed by atoms with Crippen molar-refractivity contribution in [2.24, 2.45) is 0 Å². The summed E-state index contributed by atoms with van der Waals surface area (Å²) in [4.78, 5) is 23.8. The molecule has 0 saturated carbocycles. The summed E-state index contributed by atoms with van der Waals surface area (Å²) >= 11 is 18.1. The zero-order valence-electron chi connectivity index (χ0n) is 16.1. The molecule has 0 atom stereocenters. The predicted molar refractivity (Wildman–Crippen MR) is 124 cm³/mol. The molecule has 1 aliphatic heterocycles. The number of nitrogens with zero attached hydrogens (tertiary/aromatic N) is 5. The summed E-state index contributed by atoms with van der Waals surface area (Å²) in [5.74, 6) is 0.360. The fourth-order valence-electron chi connectivity index (χ4n) is 3.42. The number of aromatic nitrogens is 2. The van der Waals surface area contributed by atoms with Gasteiger partial charge in [0.05, 0.1) is 15.0 Å². The molecule has 11 heteroatoms. The Morgan fingerprint density at radius 1 is 0.935 bits per heavy atom. The molecule has 31 heavy (non-hydrogen) atoms. The Labute approximate surface area is 193 Å². The molecule has 160 valence electrons. The van der Waals surface area contributed by atoms with Crippen LogP contribution in [0.4, 0.5) is 28.7 Å². The number of piperazine rings is 1. The van der Waals surface area contributed by atoms with Crippen LogP contribution in [0.3, 0.4) is 0 Å². The maximum atomic E-state index is 11.9. The molecule has 0 aliphatic carbocycles. The second-order valence-electron chi connectivity index (χ2n) is 6.86. The van der Waals surface area contributed by atoms with Gasteiger partial charge in [0.2, 0.25) is 11.6 Å². The van der Waals surface area contributed by atoms with E-state index in [2.05, 4.69) is 20.2 Å². The van der Waals surface area contributed by atoms with E-state index in [0.717, 1.165) is 5.69 Å². The van der Waals surface area contributed by atoms with E-state index in [9.17, 15) is 10.1 Å². The van der Waals surface area contributed by atoms with Gasteiger partial charge in [-0.05, 0) is 36.4 Å². The minimum absolute atomic E-state index is 0.0886. The fourth-order valence-corrected chi connectivity index (χ4v) is 3.90. The zero-order chi connectivity index (χ0) is 22.0. The molecule has 2 aromatic carbocycles. The van der Waals surface area contributed by atoms with Crippen LogP contribution in [0.15, 0.2) is 48.8 Å².